The first kappa shape index (κ1) is 19.0. The molecule has 1 heterocycles. The second-order valence-corrected chi connectivity index (χ2v) is 6.67. The summed E-state index contributed by atoms with van der Waals surface area (Å²) in [7, 11) is 1.83. The summed E-state index contributed by atoms with van der Waals surface area (Å²) < 4.78 is 0. The number of rotatable bonds is 9. The zero-order valence-corrected chi connectivity index (χ0v) is 15.6. The normalized spacial score (nSPS) is 13.5. The predicted molar refractivity (Wildman–Crippen MR) is 98.9 cm³/mol. The van der Waals surface area contributed by atoms with Gasteiger partial charge in [-0.25, -0.2) is 0 Å². The summed E-state index contributed by atoms with van der Waals surface area (Å²) in [6.45, 7) is 13.1. The van der Waals surface area contributed by atoms with E-state index in [-0.39, 0.29) is 0 Å². The van der Waals surface area contributed by atoms with Gasteiger partial charge in [0.25, 0.3) is 0 Å². The van der Waals surface area contributed by atoms with E-state index in [0.717, 1.165) is 32.0 Å². The van der Waals surface area contributed by atoms with Gasteiger partial charge in [-0.15, -0.1) is 11.3 Å². The highest BCUT2D eigenvalue weighted by atomic mass is 32.1. The second-order valence-electron chi connectivity index (χ2n) is 5.67. The van der Waals surface area contributed by atoms with E-state index in [4.69, 9.17) is 0 Å². The number of hydrogen-bond donors (Lipinski definition) is 2. The molecule has 1 rings (SSSR count). The second kappa shape index (κ2) is 10.6. The van der Waals surface area contributed by atoms with E-state index < -0.39 is 0 Å². The van der Waals surface area contributed by atoms with Crippen LogP contribution in [0.15, 0.2) is 16.4 Å². The summed E-state index contributed by atoms with van der Waals surface area (Å²) in [4.78, 5) is 8.17. The van der Waals surface area contributed by atoms with Crippen molar-refractivity contribution < 1.29 is 0 Å². The average Bonchev–Trinajstić information content (AvgIpc) is 2.93. The summed E-state index contributed by atoms with van der Waals surface area (Å²) in [5.74, 6) is 0.892. The van der Waals surface area contributed by atoms with E-state index in [1.807, 2.05) is 7.05 Å². The highest BCUT2D eigenvalue weighted by Crippen LogP contribution is 2.14. The Morgan fingerprint density at radius 2 is 2.09 bits per heavy atom. The minimum atomic E-state index is 0.436. The Morgan fingerprint density at radius 1 is 1.36 bits per heavy atom. The van der Waals surface area contributed by atoms with E-state index >= 15 is 0 Å². The highest BCUT2D eigenvalue weighted by molar-refractivity contribution is 7.10. The molecule has 0 bridgehead atoms. The molecule has 4 nitrogen and oxygen atoms in total. The Kier molecular flexibility index (Phi) is 9.16. The number of guanidine groups is 1. The molecule has 0 aromatic carbocycles. The van der Waals surface area contributed by atoms with Crippen LogP contribution < -0.4 is 10.6 Å². The van der Waals surface area contributed by atoms with Gasteiger partial charge in [0.2, 0.25) is 0 Å². The first-order valence-electron chi connectivity index (χ1n) is 8.33. The van der Waals surface area contributed by atoms with Crippen LogP contribution in [0.3, 0.4) is 0 Å². The molecule has 0 saturated heterocycles. The maximum absolute atomic E-state index is 4.32. The van der Waals surface area contributed by atoms with Gasteiger partial charge in [-0.1, -0.05) is 13.8 Å². The number of nitrogens with one attached hydrogen (secondary N) is 2. The zero-order valence-electron chi connectivity index (χ0n) is 14.8. The molecule has 0 fully saturated rings. The van der Waals surface area contributed by atoms with E-state index in [0.29, 0.717) is 6.04 Å². The minimum absolute atomic E-state index is 0.436. The predicted octanol–water partition coefficient (Wildman–Crippen LogP) is 3.23. The molecule has 0 aliphatic heterocycles. The maximum Gasteiger partial charge on any atom is 0.191 e. The molecule has 126 valence electrons. The van der Waals surface area contributed by atoms with Gasteiger partial charge < -0.3 is 15.5 Å². The van der Waals surface area contributed by atoms with Crippen molar-refractivity contribution in [2.24, 2.45) is 4.99 Å². The summed E-state index contributed by atoms with van der Waals surface area (Å²) in [5.41, 5.74) is 1.35. The van der Waals surface area contributed by atoms with Crippen molar-refractivity contribution >= 4 is 17.3 Å². The largest absolute Gasteiger partial charge is 0.354 e. The summed E-state index contributed by atoms with van der Waals surface area (Å²) in [5, 5.41) is 9.02. The van der Waals surface area contributed by atoms with Crippen molar-refractivity contribution in [3.05, 3.63) is 21.9 Å². The zero-order chi connectivity index (χ0) is 16.4. The molecule has 5 heteroatoms. The molecule has 0 saturated carbocycles. The molecule has 0 aliphatic carbocycles. The third-order valence-corrected chi connectivity index (χ3v) is 5.02. The van der Waals surface area contributed by atoms with Gasteiger partial charge in [-0.2, -0.15) is 0 Å². The molecule has 0 spiro atoms. The molecule has 2 N–H and O–H groups in total. The van der Waals surface area contributed by atoms with Crippen molar-refractivity contribution in [3.63, 3.8) is 0 Å². The van der Waals surface area contributed by atoms with E-state index in [9.17, 15) is 0 Å². The van der Waals surface area contributed by atoms with Gasteiger partial charge in [-0.05, 0) is 63.3 Å². The monoisotopic (exact) mass is 324 g/mol. The number of hydrogen-bond acceptors (Lipinski definition) is 3. The van der Waals surface area contributed by atoms with Gasteiger partial charge in [0, 0.05) is 18.0 Å². The molecule has 0 amide bonds. The van der Waals surface area contributed by atoms with Crippen LogP contribution in [0.1, 0.15) is 44.1 Å². The fourth-order valence-corrected chi connectivity index (χ4v) is 3.26. The maximum atomic E-state index is 4.32. The van der Waals surface area contributed by atoms with Crippen molar-refractivity contribution in [3.8, 4) is 0 Å². The molecule has 22 heavy (non-hydrogen) atoms. The van der Waals surface area contributed by atoms with E-state index in [2.05, 4.69) is 59.7 Å². The van der Waals surface area contributed by atoms with E-state index in [1.54, 1.807) is 11.3 Å². The van der Waals surface area contributed by atoms with Crippen molar-refractivity contribution in [1.82, 2.24) is 15.5 Å². The lowest BCUT2D eigenvalue weighted by atomic mass is 10.2. The number of thiophene rings is 1. The van der Waals surface area contributed by atoms with Crippen molar-refractivity contribution in [2.75, 3.05) is 26.7 Å². The van der Waals surface area contributed by atoms with Crippen LogP contribution in [0, 0.1) is 6.92 Å². The number of aliphatic imine (C=N–C) groups is 1. The van der Waals surface area contributed by atoms with Gasteiger partial charge in [-0.3, -0.25) is 4.99 Å². The molecule has 1 aromatic rings. The van der Waals surface area contributed by atoms with Crippen molar-refractivity contribution in [2.45, 2.75) is 53.1 Å². The SMILES string of the molecule is CCN(CC)CCCC(C)NC(=NC)NCc1sccc1C. The Labute approximate surface area is 140 Å². The average molecular weight is 325 g/mol. The van der Waals surface area contributed by atoms with E-state index in [1.165, 1.54) is 23.4 Å². The summed E-state index contributed by atoms with van der Waals surface area (Å²) in [6, 6.07) is 2.60. The van der Waals surface area contributed by atoms with Crippen LogP contribution in [0.2, 0.25) is 0 Å². The van der Waals surface area contributed by atoms with Crippen LogP contribution in [0.4, 0.5) is 0 Å². The molecular weight excluding hydrogens is 292 g/mol. The van der Waals surface area contributed by atoms with Crippen LogP contribution >= 0.6 is 11.3 Å². The third kappa shape index (κ3) is 6.79. The number of aryl methyl sites for hydroxylation is 1. The topological polar surface area (TPSA) is 39.7 Å². The van der Waals surface area contributed by atoms with Crippen LogP contribution in [-0.2, 0) is 6.54 Å². The molecule has 0 aliphatic rings. The minimum Gasteiger partial charge on any atom is -0.354 e. The summed E-state index contributed by atoms with van der Waals surface area (Å²) in [6.07, 6.45) is 2.38. The van der Waals surface area contributed by atoms with Gasteiger partial charge in [0.15, 0.2) is 5.96 Å². The number of nitrogens with zero attached hydrogens (tertiary/aromatic N) is 2. The third-order valence-electron chi connectivity index (χ3n) is 4.00. The lowest BCUT2D eigenvalue weighted by molar-refractivity contribution is 0.292. The Hall–Kier alpha value is -1.07. The van der Waals surface area contributed by atoms with Crippen LogP contribution in [-0.4, -0.2) is 43.6 Å². The molecule has 1 aromatic heterocycles. The van der Waals surface area contributed by atoms with Crippen LogP contribution in [0.25, 0.3) is 0 Å². The lowest BCUT2D eigenvalue weighted by Crippen LogP contribution is -2.42. The van der Waals surface area contributed by atoms with Crippen LogP contribution in [0.5, 0.6) is 0 Å². The first-order valence-corrected chi connectivity index (χ1v) is 9.21. The van der Waals surface area contributed by atoms with Crippen molar-refractivity contribution in [1.29, 1.82) is 0 Å². The first-order chi connectivity index (χ1) is 10.6. The highest BCUT2D eigenvalue weighted by Gasteiger charge is 2.07. The molecule has 1 atom stereocenters. The smallest absolute Gasteiger partial charge is 0.191 e. The Bertz CT molecular complexity index is 438. The molecule has 1 unspecified atom stereocenters. The Balaban J connectivity index is 2.28. The standard InChI is InChI=1S/C17H32N4S/c1-6-21(7-2)11-8-9-15(4)20-17(18-5)19-13-16-14(3)10-12-22-16/h10,12,15H,6-9,11,13H2,1-5H3,(H2,18,19,20). The summed E-state index contributed by atoms with van der Waals surface area (Å²) >= 11 is 1.79. The fraction of sp³-hybridized carbons (Fsp3) is 0.706. The lowest BCUT2D eigenvalue weighted by Gasteiger charge is -2.21. The Morgan fingerprint density at radius 3 is 2.64 bits per heavy atom. The molecule has 0 radical (unpaired) electrons. The van der Waals surface area contributed by atoms with Gasteiger partial charge >= 0.3 is 0 Å². The fourth-order valence-electron chi connectivity index (χ4n) is 2.41. The quantitative estimate of drug-likeness (QED) is 0.541. The molecular formula is C17H32N4S. The van der Waals surface area contributed by atoms with Gasteiger partial charge in [0.1, 0.15) is 0 Å². The van der Waals surface area contributed by atoms with Gasteiger partial charge in [0.05, 0.1) is 6.54 Å².